The average molecular weight is 390 g/mol. The number of hydrogen-bond acceptors (Lipinski definition) is 3. The Balaban J connectivity index is 1.70. The Morgan fingerprint density at radius 3 is 2.59 bits per heavy atom. The van der Waals surface area contributed by atoms with Gasteiger partial charge in [0.1, 0.15) is 5.82 Å². The Bertz CT molecular complexity index is 1120. The lowest BCUT2D eigenvalue weighted by molar-refractivity contribution is 0.0978. The number of carbonyl (C=O) groups excluding carboxylic acids is 1. The Morgan fingerprint density at radius 2 is 1.86 bits per heavy atom. The van der Waals surface area contributed by atoms with E-state index in [9.17, 15) is 14.0 Å². The van der Waals surface area contributed by atoms with E-state index in [4.69, 9.17) is 5.26 Å². The van der Waals surface area contributed by atoms with Crippen LogP contribution >= 0.6 is 0 Å². The molecule has 0 amide bonds. The minimum atomic E-state index is -0.551. The van der Waals surface area contributed by atoms with E-state index in [-0.39, 0.29) is 35.1 Å². The van der Waals surface area contributed by atoms with E-state index in [0.29, 0.717) is 18.4 Å². The van der Waals surface area contributed by atoms with Gasteiger partial charge in [0.25, 0.3) is 0 Å². The van der Waals surface area contributed by atoms with Gasteiger partial charge in [0.05, 0.1) is 17.1 Å². The van der Waals surface area contributed by atoms with Gasteiger partial charge in [-0.05, 0) is 55.9 Å². The van der Waals surface area contributed by atoms with Crippen molar-refractivity contribution in [3.63, 3.8) is 0 Å². The molecular weight excluding hydrogens is 367 g/mol. The number of aromatic nitrogens is 1. The number of Topliss-reactive ketones (excluding diaryl/α,β-unsaturated/α-hetero) is 1. The second kappa shape index (κ2) is 9.29. The number of H-pyrrole nitrogens is 1. The molecule has 0 aliphatic heterocycles. The molecule has 0 aliphatic carbocycles. The highest BCUT2D eigenvalue weighted by molar-refractivity contribution is 5.98. The van der Waals surface area contributed by atoms with Gasteiger partial charge in [0.2, 0.25) is 0 Å². The largest absolute Gasteiger partial charge is 0.358 e. The maximum atomic E-state index is 14.3. The normalized spacial score (nSPS) is 10.8. The van der Waals surface area contributed by atoms with Crippen LogP contribution in [0.1, 0.15) is 52.7 Å². The number of aryl methyl sites for hydroxylation is 3. The van der Waals surface area contributed by atoms with Gasteiger partial charge in [-0.3, -0.25) is 9.59 Å². The number of halogens is 1. The highest BCUT2D eigenvalue weighted by Crippen LogP contribution is 2.18. The number of rotatable bonds is 8. The third-order valence-corrected chi connectivity index (χ3v) is 5.07. The third-order valence-electron chi connectivity index (χ3n) is 5.07. The topological polar surface area (TPSA) is 73.7 Å². The van der Waals surface area contributed by atoms with Gasteiger partial charge in [-0.15, -0.1) is 0 Å². The fourth-order valence-corrected chi connectivity index (χ4v) is 3.40. The van der Waals surface area contributed by atoms with Crippen molar-refractivity contribution < 1.29 is 9.18 Å². The predicted octanol–water partition coefficient (Wildman–Crippen LogP) is 5.03. The zero-order valence-electron chi connectivity index (χ0n) is 16.4. The van der Waals surface area contributed by atoms with Crippen LogP contribution in [0.4, 0.5) is 4.39 Å². The van der Waals surface area contributed by atoms with Gasteiger partial charge >= 0.3 is 0 Å². The summed E-state index contributed by atoms with van der Waals surface area (Å²) in [6.45, 7) is 2.04. The van der Waals surface area contributed by atoms with Gasteiger partial charge in [-0.25, -0.2) is 4.39 Å². The third kappa shape index (κ3) is 4.97. The number of aromatic amines is 1. The van der Waals surface area contributed by atoms with Crippen LogP contribution in [-0.4, -0.2) is 10.8 Å². The number of benzene rings is 2. The molecule has 0 fully saturated rings. The zero-order chi connectivity index (χ0) is 20.8. The number of carbonyl (C=O) groups is 1. The molecule has 0 radical (unpaired) electrons. The minimum absolute atomic E-state index is 0.0599. The Labute approximate surface area is 169 Å². The molecule has 0 bridgehead atoms. The van der Waals surface area contributed by atoms with E-state index in [2.05, 4.69) is 29.2 Å². The smallest absolute Gasteiger partial charge is 0.200 e. The number of nitrogens with zero attached hydrogens (tertiary/aromatic N) is 1. The molecular formula is C24H23FN2O2. The SMILES string of the molecule is Cc1ccc(CCCCC(=O)c2c[nH]c3c(F)cc(CCC#N)cc3c2=O)cc1. The molecule has 0 spiro atoms. The molecule has 3 aromatic rings. The lowest BCUT2D eigenvalue weighted by Gasteiger charge is -2.07. The monoisotopic (exact) mass is 390 g/mol. The van der Waals surface area contributed by atoms with Crippen molar-refractivity contribution in [2.24, 2.45) is 0 Å². The predicted molar refractivity (Wildman–Crippen MR) is 112 cm³/mol. The van der Waals surface area contributed by atoms with E-state index < -0.39 is 11.2 Å². The van der Waals surface area contributed by atoms with Crippen molar-refractivity contribution in [1.29, 1.82) is 5.26 Å². The summed E-state index contributed by atoms with van der Waals surface area (Å²) in [7, 11) is 0. The first-order valence-corrected chi connectivity index (χ1v) is 9.79. The van der Waals surface area contributed by atoms with E-state index >= 15 is 0 Å². The highest BCUT2D eigenvalue weighted by atomic mass is 19.1. The number of fused-ring (bicyclic) bond motifs is 1. The summed E-state index contributed by atoms with van der Waals surface area (Å²) in [5.74, 6) is -0.787. The van der Waals surface area contributed by atoms with Crippen molar-refractivity contribution in [1.82, 2.24) is 4.98 Å². The lowest BCUT2D eigenvalue weighted by atomic mass is 10.0. The molecule has 1 heterocycles. The van der Waals surface area contributed by atoms with Crippen LogP contribution in [0, 0.1) is 24.1 Å². The Morgan fingerprint density at radius 1 is 1.10 bits per heavy atom. The second-order valence-electron chi connectivity index (χ2n) is 7.31. The number of nitriles is 1. The minimum Gasteiger partial charge on any atom is -0.358 e. The molecule has 0 aliphatic rings. The van der Waals surface area contributed by atoms with Gasteiger partial charge in [0, 0.05) is 24.4 Å². The van der Waals surface area contributed by atoms with Crippen molar-refractivity contribution in [3.8, 4) is 6.07 Å². The average Bonchev–Trinajstić information content (AvgIpc) is 2.71. The second-order valence-corrected chi connectivity index (χ2v) is 7.31. The number of hydrogen-bond donors (Lipinski definition) is 1. The maximum Gasteiger partial charge on any atom is 0.200 e. The van der Waals surface area contributed by atoms with Crippen LogP contribution in [0.3, 0.4) is 0 Å². The van der Waals surface area contributed by atoms with E-state index in [1.54, 1.807) is 6.07 Å². The quantitative estimate of drug-likeness (QED) is 0.433. The lowest BCUT2D eigenvalue weighted by Crippen LogP contribution is -2.16. The molecule has 0 saturated carbocycles. The summed E-state index contributed by atoms with van der Waals surface area (Å²) in [6, 6.07) is 13.2. The summed E-state index contributed by atoms with van der Waals surface area (Å²) in [6.07, 6.45) is 4.60. The zero-order valence-corrected chi connectivity index (χ0v) is 16.4. The summed E-state index contributed by atoms with van der Waals surface area (Å²) < 4.78 is 14.3. The maximum absolute atomic E-state index is 14.3. The molecule has 2 aromatic carbocycles. The number of unbranched alkanes of at least 4 members (excludes halogenated alkanes) is 1. The number of pyridine rings is 1. The van der Waals surface area contributed by atoms with Crippen LogP contribution in [0.15, 0.2) is 47.4 Å². The molecule has 5 heteroatoms. The first-order valence-electron chi connectivity index (χ1n) is 9.79. The molecule has 3 rings (SSSR count). The van der Waals surface area contributed by atoms with Crippen LogP contribution in [0.5, 0.6) is 0 Å². The van der Waals surface area contributed by atoms with E-state index in [1.165, 1.54) is 23.4 Å². The Kier molecular flexibility index (Phi) is 6.56. The van der Waals surface area contributed by atoms with Gasteiger partial charge in [0.15, 0.2) is 11.2 Å². The first-order chi connectivity index (χ1) is 14.0. The van der Waals surface area contributed by atoms with Crippen LogP contribution in [0.2, 0.25) is 0 Å². The fourth-order valence-electron chi connectivity index (χ4n) is 3.40. The van der Waals surface area contributed by atoms with Gasteiger partial charge in [-0.2, -0.15) is 5.26 Å². The summed E-state index contributed by atoms with van der Waals surface area (Å²) >= 11 is 0. The standard InChI is InChI=1S/C24H23FN2O2/c1-16-8-10-17(11-9-16)5-2-3-7-22(28)20-15-27-23-19(24(20)29)13-18(6-4-12-26)14-21(23)25/h8-11,13-15H,2-7H2,1H3,(H,27,29). The fraction of sp³-hybridized carbons (Fsp3) is 0.292. The summed E-state index contributed by atoms with van der Waals surface area (Å²) in [4.78, 5) is 28.1. The highest BCUT2D eigenvalue weighted by Gasteiger charge is 2.15. The summed E-state index contributed by atoms with van der Waals surface area (Å²) in [5, 5.41) is 8.87. The number of nitrogens with one attached hydrogen (secondary N) is 1. The van der Waals surface area contributed by atoms with Crippen molar-refractivity contribution in [2.75, 3.05) is 0 Å². The van der Waals surface area contributed by atoms with Crippen molar-refractivity contribution in [2.45, 2.75) is 45.4 Å². The molecule has 0 atom stereocenters. The molecule has 29 heavy (non-hydrogen) atoms. The van der Waals surface area contributed by atoms with Crippen molar-refractivity contribution in [3.05, 3.63) is 80.9 Å². The summed E-state index contributed by atoms with van der Waals surface area (Å²) in [5.41, 5.74) is 2.71. The van der Waals surface area contributed by atoms with Gasteiger partial charge < -0.3 is 4.98 Å². The Hall–Kier alpha value is -3.26. The number of ketones is 1. The molecule has 1 aromatic heterocycles. The van der Waals surface area contributed by atoms with Crippen LogP contribution < -0.4 is 5.43 Å². The van der Waals surface area contributed by atoms with E-state index in [0.717, 1.165) is 12.8 Å². The molecule has 148 valence electrons. The van der Waals surface area contributed by atoms with Crippen LogP contribution in [0.25, 0.3) is 10.9 Å². The first kappa shape index (κ1) is 20.5. The molecule has 4 nitrogen and oxygen atoms in total. The van der Waals surface area contributed by atoms with Gasteiger partial charge in [-0.1, -0.05) is 29.8 Å². The molecule has 0 unspecified atom stereocenters. The van der Waals surface area contributed by atoms with E-state index in [1.807, 2.05) is 13.0 Å². The van der Waals surface area contributed by atoms with Crippen molar-refractivity contribution >= 4 is 16.7 Å². The molecule has 0 saturated heterocycles. The molecule has 1 N–H and O–H groups in total. The van der Waals surface area contributed by atoms with Crippen LogP contribution in [-0.2, 0) is 12.8 Å².